The molecule has 0 aliphatic rings. The summed E-state index contributed by atoms with van der Waals surface area (Å²) in [5.74, 6) is 0.0628. The van der Waals surface area contributed by atoms with Gasteiger partial charge in [0.05, 0.1) is 18.8 Å². The van der Waals surface area contributed by atoms with Crippen molar-refractivity contribution in [1.29, 1.82) is 0 Å². The summed E-state index contributed by atoms with van der Waals surface area (Å²) in [5, 5.41) is 23.7. The third-order valence-electron chi connectivity index (χ3n) is 3.10. The van der Waals surface area contributed by atoms with E-state index in [-0.39, 0.29) is 12.4 Å². The fraction of sp³-hybridized carbons (Fsp3) is 0.133. The fourth-order valence-electron chi connectivity index (χ4n) is 2.20. The molecule has 0 amide bonds. The maximum atomic E-state index is 9.74. The van der Waals surface area contributed by atoms with Crippen LogP contribution in [0.5, 0.6) is 5.75 Å². The van der Waals surface area contributed by atoms with E-state index in [4.69, 9.17) is 16.7 Å². The van der Waals surface area contributed by atoms with Gasteiger partial charge in [-0.05, 0) is 24.3 Å². The van der Waals surface area contributed by atoms with Crippen LogP contribution in [0, 0.1) is 0 Å². The van der Waals surface area contributed by atoms with Crippen LogP contribution in [-0.4, -0.2) is 36.6 Å². The Kier molecular flexibility index (Phi) is 4.04. The van der Waals surface area contributed by atoms with Crippen molar-refractivity contribution in [1.82, 2.24) is 19.7 Å². The van der Waals surface area contributed by atoms with Crippen molar-refractivity contribution in [2.24, 2.45) is 0 Å². The van der Waals surface area contributed by atoms with Gasteiger partial charge in [0.1, 0.15) is 17.8 Å². The number of aliphatic hydroxyl groups excluding tert-OH is 1. The van der Waals surface area contributed by atoms with Crippen LogP contribution in [0.1, 0.15) is 0 Å². The van der Waals surface area contributed by atoms with Gasteiger partial charge in [-0.1, -0.05) is 11.6 Å². The Hall–Kier alpha value is -2.44. The Balaban J connectivity index is 2.17. The number of benzene rings is 1. The molecule has 0 atom stereocenters. The molecule has 0 saturated carbocycles. The maximum Gasteiger partial charge on any atom is 0.117 e. The number of rotatable bonds is 4. The summed E-state index contributed by atoms with van der Waals surface area (Å²) in [7, 11) is 0. The van der Waals surface area contributed by atoms with Crippen molar-refractivity contribution >= 4 is 11.6 Å². The lowest BCUT2D eigenvalue weighted by atomic mass is 10.1. The molecule has 6 nitrogen and oxygen atoms in total. The lowest BCUT2D eigenvalue weighted by Gasteiger charge is -2.03. The van der Waals surface area contributed by atoms with Gasteiger partial charge in [-0.15, -0.1) is 0 Å². The first-order chi connectivity index (χ1) is 10.7. The molecule has 0 unspecified atom stereocenters. The summed E-state index contributed by atoms with van der Waals surface area (Å²) in [6, 6.07) is 6.54. The van der Waals surface area contributed by atoms with E-state index in [1.165, 1.54) is 12.4 Å². The van der Waals surface area contributed by atoms with E-state index >= 15 is 0 Å². The van der Waals surface area contributed by atoms with Gasteiger partial charge in [0.25, 0.3) is 0 Å². The summed E-state index contributed by atoms with van der Waals surface area (Å²) in [6.07, 6.45) is 4.90. The van der Waals surface area contributed by atoms with Gasteiger partial charge in [0.2, 0.25) is 0 Å². The van der Waals surface area contributed by atoms with E-state index in [9.17, 15) is 5.11 Å². The van der Waals surface area contributed by atoms with E-state index in [0.29, 0.717) is 28.5 Å². The number of nitrogens with zero attached hydrogens (tertiary/aromatic N) is 4. The lowest BCUT2D eigenvalue weighted by Crippen LogP contribution is -2.02. The summed E-state index contributed by atoms with van der Waals surface area (Å²) in [6.45, 7) is 0.343. The predicted octanol–water partition coefficient (Wildman–Crippen LogP) is 2.36. The minimum Gasteiger partial charge on any atom is -0.508 e. The molecule has 112 valence electrons. The van der Waals surface area contributed by atoms with Crippen molar-refractivity contribution in [3.05, 3.63) is 48.0 Å². The van der Waals surface area contributed by atoms with Crippen LogP contribution in [0.2, 0.25) is 5.02 Å². The molecule has 0 bridgehead atoms. The molecule has 1 aromatic carbocycles. The van der Waals surface area contributed by atoms with Gasteiger partial charge in [-0.25, -0.2) is 9.97 Å². The molecule has 22 heavy (non-hydrogen) atoms. The fourth-order valence-corrected chi connectivity index (χ4v) is 2.43. The Labute approximate surface area is 131 Å². The van der Waals surface area contributed by atoms with E-state index in [2.05, 4.69) is 15.1 Å². The van der Waals surface area contributed by atoms with Crippen LogP contribution < -0.4 is 0 Å². The highest BCUT2D eigenvalue weighted by Crippen LogP contribution is 2.33. The van der Waals surface area contributed by atoms with Crippen LogP contribution in [0.15, 0.2) is 43.0 Å². The first-order valence-corrected chi connectivity index (χ1v) is 7.00. The standard InChI is InChI=1S/C15H13ClN4O2/c16-11-5-10(6-12(22)7-11)15-13(8-20(19-15)3-4-21)14-1-2-17-9-18-14/h1-2,5-9,21-22H,3-4H2. The van der Waals surface area contributed by atoms with Gasteiger partial charge >= 0.3 is 0 Å². The molecule has 0 fully saturated rings. The van der Waals surface area contributed by atoms with Crippen molar-refractivity contribution in [2.75, 3.05) is 6.61 Å². The van der Waals surface area contributed by atoms with Gasteiger partial charge < -0.3 is 10.2 Å². The molecular formula is C15H13ClN4O2. The number of aromatic hydroxyl groups is 1. The van der Waals surface area contributed by atoms with E-state index in [0.717, 1.165) is 5.56 Å². The molecule has 0 aliphatic carbocycles. The van der Waals surface area contributed by atoms with Crippen LogP contribution >= 0.6 is 11.6 Å². The van der Waals surface area contributed by atoms with Crippen LogP contribution in [0.3, 0.4) is 0 Å². The molecule has 0 saturated heterocycles. The van der Waals surface area contributed by atoms with Crippen molar-refractivity contribution in [3.8, 4) is 28.3 Å². The normalized spacial score (nSPS) is 10.8. The molecule has 2 aromatic heterocycles. The summed E-state index contributed by atoms with van der Waals surface area (Å²) in [5.41, 5.74) is 2.78. The molecule has 7 heteroatoms. The summed E-state index contributed by atoms with van der Waals surface area (Å²) < 4.78 is 1.63. The largest absolute Gasteiger partial charge is 0.508 e. The number of hydrogen-bond donors (Lipinski definition) is 2. The average Bonchev–Trinajstić information content (AvgIpc) is 2.92. The number of halogens is 1. The van der Waals surface area contributed by atoms with Crippen LogP contribution in [-0.2, 0) is 6.54 Å². The summed E-state index contributed by atoms with van der Waals surface area (Å²) in [4.78, 5) is 8.14. The lowest BCUT2D eigenvalue weighted by molar-refractivity contribution is 0.269. The second-order valence-corrected chi connectivity index (χ2v) is 5.11. The van der Waals surface area contributed by atoms with Gasteiger partial charge in [-0.3, -0.25) is 4.68 Å². The van der Waals surface area contributed by atoms with Gasteiger partial charge in [-0.2, -0.15) is 5.10 Å². The van der Waals surface area contributed by atoms with Crippen LogP contribution in [0.25, 0.3) is 22.5 Å². The first-order valence-electron chi connectivity index (χ1n) is 6.62. The number of hydrogen-bond acceptors (Lipinski definition) is 5. The topological polar surface area (TPSA) is 84.1 Å². The highest BCUT2D eigenvalue weighted by atomic mass is 35.5. The maximum absolute atomic E-state index is 9.74. The molecule has 3 aromatic rings. The summed E-state index contributed by atoms with van der Waals surface area (Å²) >= 11 is 6.01. The SMILES string of the molecule is OCCn1cc(-c2ccncn2)c(-c2cc(O)cc(Cl)c2)n1. The minimum atomic E-state index is -0.0227. The Morgan fingerprint density at radius 2 is 2.09 bits per heavy atom. The smallest absolute Gasteiger partial charge is 0.117 e. The zero-order valence-electron chi connectivity index (χ0n) is 11.5. The Morgan fingerprint density at radius 1 is 1.23 bits per heavy atom. The third kappa shape index (κ3) is 2.93. The number of aromatic nitrogens is 4. The quantitative estimate of drug-likeness (QED) is 0.772. The van der Waals surface area contributed by atoms with E-state index in [1.54, 1.807) is 35.3 Å². The van der Waals surface area contributed by atoms with E-state index < -0.39 is 0 Å². The first kappa shape index (κ1) is 14.5. The van der Waals surface area contributed by atoms with Gasteiger partial charge in [0.15, 0.2) is 0 Å². The molecule has 0 aliphatic heterocycles. The van der Waals surface area contributed by atoms with Crippen molar-refractivity contribution < 1.29 is 10.2 Å². The van der Waals surface area contributed by atoms with Crippen molar-refractivity contribution in [3.63, 3.8) is 0 Å². The average molecular weight is 317 g/mol. The highest BCUT2D eigenvalue weighted by molar-refractivity contribution is 6.31. The Morgan fingerprint density at radius 3 is 2.77 bits per heavy atom. The third-order valence-corrected chi connectivity index (χ3v) is 3.32. The molecule has 0 radical (unpaired) electrons. The Bertz CT molecular complexity index is 769. The second kappa shape index (κ2) is 6.13. The van der Waals surface area contributed by atoms with Crippen LogP contribution in [0.4, 0.5) is 0 Å². The zero-order chi connectivity index (χ0) is 15.5. The molecule has 0 spiro atoms. The monoisotopic (exact) mass is 316 g/mol. The molecule has 2 heterocycles. The molecule has 3 rings (SSSR count). The number of phenolic OH excluding ortho intramolecular Hbond substituents is 1. The van der Waals surface area contributed by atoms with Crippen molar-refractivity contribution in [2.45, 2.75) is 6.54 Å². The minimum absolute atomic E-state index is 0.0227. The number of aliphatic hydroxyl groups is 1. The van der Waals surface area contributed by atoms with E-state index in [1.807, 2.05) is 0 Å². The number of phenols is 1. The zero-order valence-corrected chi connectivity index (χ0v) is 12.3. The van der Waals surface area contributed by atoms with Gasteiger partial charge in [0, 0.05) is 28.5 Å². The molecular weight excluding hydrogens is 304 g/mol. The second-order valence-electron chi connectivity index (χ2n) is 4.67. The molecule has 2 N–H and O–H groups in total. The highest BCUT2D eigenvalue weighted by Gasteiger charge is 2.15. The predicted molar refractivity (Wildman–Crippen MR) is 82.4 cm³/mol.